The molecule has 0 amide bonds. The topological polar surface area (TPSA) is 15.3 Å². The van der Waals surface area contributed by atoms with Gasteiger partial charge in [-0.1, -0.05) is 79.7 Å². The highest BCUT2D eigenvalue weighted by molar-refractivity contribution is 7.80. The van der Waals surface area contributed by atoms with E-state index in [1.54, 1.807) is 0 Å². The second-order valence-electron chi connectivity index (χ2n) is 6.32. The second kappa shape index (κ2) is 8.63. The molecule has 0 bridgehead atoms. The van der Waals surface area contributed by atoms with Gasteiger partial charge in [-0.2, -0.15) is 0 Å². The normalized spacial score (nSPS) is 10.6. The fraction of sp³-hybridized carbons (Fsp3) is 0.174. The number of hydrogen-bond donors (Lipinski definition) is 1. The van der Waals surface area contributed by atoms with Gasteiger partial charge in [-0.3, -0.25) is 0 Å². The minimum Gasteiger partial charge on any atom is -0.341 e. The van der Waals surface area contributed by atoms with Gasteiger partial charge in [0.05, 0.1) is 6.04 Å². The summed E-state index contributed by atoms with van der Waals surface area (Å²) in [7, 11) is 2.04. The number of aryl methyl sites for hydroxylation is 1. The van der Waals surface area contributed by atoms with Crippen LogP contribution in [0.5, 0.6) is 0 Å². The molecule has 0 radical (unpaired) electrons. The summed E-state index contributed by atoms with van der Waals surface area (Å²) in [6.07, 6.45) is 1.04. The molecule has 3 heteroatoms. The van der Waals surface area contributed by atoms with Crippen molar-refractivity contribution < 1.29 is 0 Å². The van der Waals surface area contributed by atoms with Crippen LogP contribution in [0.25, 0.3) is 0 Å². The van der Waals surface area contributed by atoms with Crippen LogP contribution in [0.15, 0.2) is 84.9 Å². The first-order chi connectivity index (χ1) is 12.7. The lowest BCUT2D eigenvalue weighted by Crippen LogP contribution is -2.35. The first-order valence-corrected chi connectivity index (χ1v) is 9.32. The van der Waals surface area contributed by atoms with Crippen LogP contribution in [0, 0.1) is 0 Å². The zero-order chi connectivity index (χ0) is 18.4. The molecule has 2 nitrogen and oxygen atoms in total. The molecule has 0 atom stereocenters. The Morgan fingerprint density at radius 1 is 0.846 bits per heavy atom. The van der Waals surface area contributed by atoms with Crippen LogP contribution in [0.4, 0.5) is 5.69 Å². The van der Waals surface area contributed by atoms with Gasteiger partial charge in [0, 0.05) is 12.7 Å². The molecule has 26 heavy (non-hydrogen) atoms. The maximum absolute atomic E-state index is 5.71. The van der Waals surface area contributed by atoms with Crippen LogP contribution in [-0.4, -0.2) is 17.1 Å². The van der Waals surface area contributed by atoms with Crippen molar-refractivity contribution in [2.75, 3.05) is 12.4 Å². The molecule has 0 aliphatic carbocycles. The maximum Gasteiger partial charge on any atom is 0.173 e. The zero-order valence-corrected chi connectivity index (χ0v) is 16.0. The summed E-state index contributed by atoms with van der Waals surface area (Å²) in [5.41, 5.74) is 4.76. The Hall–Kier alpha value is -2.65. The van der Waals surface area contributed by atoms with Crippen LogP contribution < -0.4 is 5.32 Å². The fourth-order valence-corrected chi connectivity index (χ4v) is 3.29. The van der Waals surface area contributed by atoms with Gasteiger partial charge in [0.15, 0.2) is 5.11 Å². The lowest BCUT2D eigenvalue weighted by atomic mass is 9.98. The molecule has 1 N–H and O–H groups in total. The molecule has 3 aromatic carbocycles. The van der Waals surface area contributed by atoms with E-state index < -0.39 is 0 Å². The van der Waals surface area contributed by atoms with E-state index in [1.165, 1.54) is 16.7 Å². The molecular formula is C23H24N2S. The third kappa shape index (κ3) is 4.30. The van der Waals surface area contributed by atoms with E-state index in [-0.39, 0.29) is 6.04 Å². The van der Waals surface area contributed by atoms with E-state index in [4.69, 9.17) is 12.2 Å². The van der Waals surface area contributed by atoms with Gasteiger partial charge in [-0.05, 0) is 47.5 Å². The molecule has 132 valence electrons. The van der Waals surface area contributed by atoms with E-state index in [2.05, 4.69) is 89.9 Å². The Bertz CT molecular complexity index is 790. The summed E-state index contributed by atoms with van der Waals surface area (Å²) < 4.78 is 0. The number of thiocarbonyl (C=S) groups is 1. The van der Waals surface area contributed by atoms with Crippen LogP contribution in [0.2, 0.25) is 0 Å². The van der Waals surface area contributed by atoms with Crippen molar-refractivity contribution in [3.05, 3.63) is 102 Å². The van der Waals surface area contributed by atoms with Crippen molar-refractivity contribution in [1.29, 1.82) is 0 Å². The summed E-state index contributed by atoms with van der Waals surface area (Å²) in [5.74, 6) is 0. The van der Waals surface area contributed by atoms with Gasteiger partial charge in [-0.15, -0.1) is 0 Å². The average molecular weight is 361 g/mol. The predicted molar refractivity (Wildman–Crippen MR) is 115 cm³/mol. The highest BCUT2D eigenvalue weighted by atomic mass is 32.1. The van der Waals surface area contributed by atoms with Crippen molar-refractivity contribution >= 4 is 23.0 Å². The average Bonchev–Trinajstić information content (AvgIpc) is 2.70. The Morgan fingerprint density at radius 2 is 1.35 bits per heavy atom. The molecule has 0 aromatic heterocycles. The molecular weight excluding hydrogens is 336 g/mol. The number of benzene rings is 3. The fourth-order valence-electron chi connectivity index (χ4n) is 3.06. The molecule has 0 heterocycles. The molecule has 0 spiro atoms. The van der Waals surface area contributed by atoms with Gasteiger partial charge < -0.3 is 10.2 Å². The maximum atomic E-state index is 5.71. The Kier molecular flexibility index (Phi) is 6.03. The minimum atomic E-state index is 0.0623. The van der Waals surface area contributed by atoms with Crippen molar-refractivity contribution in [2.24, 2.45) is 0 Å². The smallest absolute Gasteiger partial charge is 0.173 e. The standard InChI is InChI=1S/C23H24N2S/c1-3-18-14-16-21(17-15-18)24-23(26)25(2)22(19-10-6-4-7-11-19)20-12-8-5-9-13-20/h4-17,22H,3H2,1-2H3,(H,24,26). The van der Waals surface area contributed by atoms with Crippen LogP contribution in [-0.2, 0) is 6.42 Å². The third-order valence-electron chi connectivity index (χ3n) is 4.55. The van der Waals surface area contributed by atoms with Gasteiger partial charge in [-0.25, -0.2) is 0 Å². The lowest BCUT2D eigenvalue weighted by Gasteiger charge is -2.31. The quantitative estimate of drug-likeness (QED) is 0.590. The molecule has 0 fully saturated rings. The lowest BCUT2D eigenvalue weighted by molar-refractivity contribution is 0.434. The van der Waals surface area contributed by atoms with Gasteiger partial charge in [0.1, 0.15) is 0 Å². The molecule has 0 saturated carbocycles. The van der Waals surface area contributed by atoms with Gasteiger partial charge >= 0.3 is 0 Å². The first kappa shape index (κ1) is 18.2. The minimum absolute atomic E-state index is 0.0623. The van der Waals surface area contributed by atoms with E-state index in [0.717, 1.165) is 12.1 Å². The SMILES string of the molecule is CCc1ccc(NC(=S)N(C)C(c2ccccc2)c2ccccc2)cc1. The number of rotatable bonds is 5. The van der Waals surface area contributed by atoms with Crippen LogP contribution >= 0.6 is 12.2 Å². The monoisotopic (exact) mass is 360 g/mol. The van der Waals surface area contributed by atoms with Crippen LogP contribution in [0.3, 0.4) is 0 Å². The first-order valence-electron chi connectivity index (χ1n) is 8.91. The van der Waals surface area contributed by atoms with Crippen molar-refractivity contribution in [2.45, 2.75) is 19.4 Å². The molecule has 0 unspecified atom stereocenters. The number of hydrogen-bond acceptors (Lipinski definition) is 1. The van der Waals surface area contributed by atoms with Crippen molar-refractivity contribution in [1.82, 2.24) is 4.90 Å². The largest absolute Gasteiger partial charge is 0.341 e. The molecule has 0 aliphatic heterocycles. The van der Waals surface area contributed by atoms with Crippen molar-refractivity contribution in [3.63, 3.8) is 0 Å². The molecule has 3 rings (SSSR count). The zero-order valence-electron chi connectivity index (χ0n) is 15.2. The van der Waals surface area contributed by atoms with E-state index in [9.17, 15) is 0 Å². The summed E-state index contributed by atoms with van der Waals surface area (Å²) in [6, 6.07) is 29.4. The number of anilines is 1. The molecule has 3 aromatic rings. The summed E-state index contributed by atoms with van der Waals surface area (Å²) in [4.78, 5) is 2.12. The summed E-state index contributed by atoms with van der Waals surface area (Å²) >= 11 is 5.71. The van der Waals surface area contributed by atoms with E-state index >= 15 is 0 Å². The Labute approximate surface area is 161 Å². The third-order valence-corrected chi connectivity index (χ3v) is 4.94. The highest BCUT2D eigenvalue weighted by Crippen LogP contribution is 2.28. The highest BCUT2D eigenvalue weighted by Gasteiger charge is 2.21. The summed E-state index contributed by atoms with van der Waals surface area (Å²) in [6.45, 7) is 2.16. The van der Waals surface area contributed by atoms with E-state index in [1.807, 2.05) is 19.2 Å². The predicted octanol–water partition coefficient (Wildman–Crippen LogP) is 5.67. The Balaban J connectivity index is 1.84. The van der Waals surface area contributed by atoms with Crippen molar-refractivity contribution in [3.8, 4) is 0 Å². The molecule has 0 aliphatic rings. The summed E-state index contributed by atoms with van der Waals surface area (Å²) in [5, 5.41) is 4.07. The van der Waals surface area contributed by atoms with E-state index in [0.29, 0.717) is 5.11 Å². The van der Waals surface area contributed by atoms with Gasteiger partial charge in [0.25, 0.3) is 0 Å². The van der Waals surface area contributed by atoms with Gasteiger partial charge in [0.2, 0.25) is 0 Å². The second-order valence-corrected chi connectivity index (χ2v) is 6.70. The molecule has 0 saturated heterocycles. The number of nitrogens with one attached hydrogen (secondary N) is 1. The Morgan fingerprint density at radius 3 is 1.81 bits per heavy atom. The number of nitrogens with zero attached hydrogens (tertiary/aromatic N) is 1. The van der Waals surface area contributed by atoms with Crippen LogP contribution in [0.1, 0.15) is 29.7 Å².